The Labute approximate surface area is 129 Å². The van der Waals surface area contributed by atoms with Gasteiger partial charge in [0.2, 0.25) is 0 Å². The van der Waals surface area contributed by atoms with Gasteiger partial charge in [-0.1, -0.05) is 18.2 Å². The van der Waals surface area contributed by atoms with Gasteiger partial charge < -0.3 is 15.4 Å². The number of aliphatic imine (C=N–C) groups is 1. The summed E-state index contributed by atoms with van der Waals surface area (Å²) in [5, 5.41) is 8.10. The highest BCUT2D eigenvalue weighted by atomic mass is 16.5. The van der Waals surface area contributed by atoms with E-state index in [0.29, 0.717) is 19.1 Å². The topological polar surface area (TPSA) is 81.6 Å². The number of ether oxygens (including phenoxy) is 1. The Bertz CT molecular complexity index is 638. The standard InChI is InChI=1S/C15H20N6O/c1-12-10-20(7-8-22-12)15(16)17-9-14-19-18-11-21(14)13-5-3-2-4-6-13/h2-6,11-12H,7-10H2,1H3,(H2,16,17). The van der Waals surface area contributed by atoms with Gasteiger partial charge in [0.15, 0.2) is 11.8 Å². The Kier molecular flexibility index (Phi) is 4.34. The Morgan fingerprint density at radius 3 is 3.00 bits per heavy atom. The molecule has 1 fully saturated rings. The summed E-state index contributed by atoms with van der Waals surface area (Å²) >= 11 is 0. The van der Waals surface area contributed by atoms with E-state index in [9.17, 15) is 0 Å². The van der Waals surface area contributed by atoms with Gasteiger partial charge in [-0.3, -0.25) is 4.57 Å². The fourth-order valence-corrected chi connectivity index (χ4v) is 2.45. The van der Waals surface area contributed by atoms with Crippen LogP contribution in [0.5, 0.6) is 0 Å². The van der Waals surface area contributed by atoms with E-state index in [1.807, 2.05) is 46.7 Å². The highest BCUT2D eigenvalue weighted by Gasteiger charge is 2.18. The van der Waals surface area contributed by atoms with Crippen molar-refractivity contribution in [2.24, 2.45) is 10.7 Å². The van der Waals surface area contributed by atoms with Gasteiger partial charge in [0, 0.05) is 18.8 Å². The Hall–Kier alpha value is -2.41. The summed E-state index contributed by atoms with van der Waals surface area (Å²) in [6, 6.07) is 9.94. The second-order valence-corrected chi connectivity index (χ2v) is 5.25. The molecule has 1 aromatic carbocycles. The van der Waals surface area contributed by atoms with E-state index in [-0.39, 0.29) is 6.10 Å². The summed E-state index contributed by atoms with van der Waals surface area (Å²) < 4.78 is 7.42. The lowest BCUT2D eigenvalue weighted by Crippen LogP contribution is -2.47. The van der Waals surface area contributed by atoms with Crippen molar-refractivity contribution in [3.63, 3.8) is 0 Å². The third-order valence-electron chi connectivity index (χ3n) is 3.60. The van der Waals surface area contributed by atoms with Crippen molar-refractivity contribution in [1.29, 1.82) is 0 Å². The molecule has 0 amide bonds. The molecule has 3 rings (SSSR count). The highest BCUT2D eigenvalue weighted by Crippen LogP contribution is 2.10. The summed E-state index contributed by atoms with van der Waals surface area (Å²) in [7, 11) is 0. The van der Waals surface area contributed by atoms with Crippen LogP contribution in [0.15, 0.2) is 41.7 Å². The second-order valence-electron chi connectivity index (χ2n) is 5.25. The van der Waals surface area contributed by atoms with Gasteiger partial charge in [0.25, 0.3) is 0 Å². The second kappa shape index (κ2) is 6.57. The average Bonchev–Trinajstić information content (AvgIpc) is 3.02. The smallest absolute Gasteiger partial charge is 0.191 e. The van der Waals surface area contributed by atoms with Crippen molar-refractivity contribution >= 4 is 5.96 Å². The molecule has 2 N–H and O–H groups in total. The zero-order valence-corrected chi connectivity index (χ0v) is 12.6. The minimum absolute atomic E-state index is 0.176. The molecule has 1 aliphatic rings. The first kappa shape index (κ1) is 14.5. The van der Waals surface area contributed by atoms with Crippen molar-refractivity contribution in [2.45, 2.75) is 19.6 Å². The van der Waals surface area contributed by atoms with Crippen LogP contribution in [0.4, 0.5) is 0 Å². The lowest BCUT2D eigenvalue weighted by molar-refractivity contribution is 0.00528. The molecule has 1 aliphatic heterocycles. The van der Waals surface area contributed by atoms with E-state index in [1.54, 1.807) is 6.33 Å². The summed E-state index contributed by atoms with van der Waals surface area (Å²) in [6.45, 7) is 4.64. The first-order chi connectivity index (χ1) is 10.7. The van der Waals surface area contributed by atoms with Gasteiger partial charge >= 0.3 is 0 Å². The van der Waals surface area contributed by atoms with Crippen LogP contribution in [0, 0.1) is 0 Å². The Morgan fingerprint density at radius 1 is 1.41 bits per heavy atom. The quantitative estimate of drug-likeness (QED) is 0.670. The molecule has 0 spiro atoms. The number of hydrogen-bond donors (Lipinski definition) is 1. The number of aromatic nitrogens is 3. The van der Waals surface area contributed by atoms with Crippen LogP contribution in [0.1, 0.15) is 12.7 Å². The molecular weight excluding hydrogens is 280 g/mol. The fourth-order valence-electron chi connectivity index (χ4n) is 2.45. The zero-order chi connectivity index (χ0) is 15.4. The Balaban J connectivity index is 1.71. The first-order valence-electron chi connectivity index (χ1n) is 7.35. The summed E-state index contributed by atoms with van der Waals surface area (Å²) in [5.41, 5.74) is 7.09. The number of rotatable bonds is 3. The van der Waals surface area contributed by atoms with Crippen LogP contribution in [-0.4, -0.2) is 51.4 Å². The largest absolute Gasteiger partial charge is 0.375 e. The summed E-state index contributed by atoms with van der Waals surface area (Å²) in [5.74, 6) is 1.29. The van der Waals surface area contributed by atoms with Crippen LogP contribution < -0.4 is 5.73 Å². The number of nitrogens with zero attached hydrogens (tertiary/aromatic N) is 5. The van der Waals surface area contributed by atoms with Crippen LogP contribution >= 0.6 is 0 Å². The zero-order valence-electron chi connectivity index (χ0n) is 12.6. The van der Waals surface area contributed by atoms with Crippen molar-refractivity contribution in [1.82, 2.24) is 19.7 Å². The lowest BCUT2D eigenvalue weighted by Gasteiger charge is -2.31. The van der Waals surface area contributed by atoms with Crippen LogP contribution in [0.25, 0.3) is 5.69 Å². The summed E-state index contributed by atoms with van der Waals surface area (Å²) in [4.78, 5) is 6.49. The van der Waals surface area contributed by atoms with E-state index in [2.05, 4.69) is 15.2 Å². The number of benzene rings is 1. The van der Waals surface area contributed by atoms with E-state index in [4.69, 9.17) is 10.5 Å². The van der Waals surface area contributed by atoms with Crippen molar-refractivity contribution in [3.8, 4) is 5.69 Å². The number of para-hydroxylation sites is 1. The Morgan fingerprint density at radius 2 is 2.23 bits per heavy atom. The lowest BCUT2D eigenvalue weighted by atomic mass is 10.3. The van der Waals surface area contributed by atoms with Gasteiger partial charge in [-0.05, 0) is 19.1 Å². The molecule has 2 aromatic rings. The highest BCUT2D eigenvalue weighted by molar-refractivity contribution is 5.78. The van der Waals surface area contributed by atoms with Gasteiger partial charge in [0.05, 0.1) is 12.7 Å². The average molecular weight is 300 g/mol. The molecular formula is C15H20N6O. The molecule has 0 bridgehead atoms. The van der Waals surface area contributed by atoms with Crippen LogP contribution in [0.3, 0.4) is 0 Å². The van der Waals surface area contributed by atoms with Gasteiger partial charge in [-0.2, -0.15) is 0 Å². The molecule has 22 heavy (non-hydrogen) atoms. The minimum Gasteiger partial charge on any atom is -0.375 e. The number of hydrogen-bond acceptors (Lipinski definition) is 4. The van der Waals surface area contributed by atoms with Gasteiger partial charge in [-0.15, -0.1) is 10.2 Å². The van der Waals surface area contributed by atoms with Crippen LogP contribution in [-0.2, 0) is 11.3 Å². The SMILES string of the molecule is CC1CN(C(N)=NCc2nncn2-c2ccccc2)CCO1. The molecule has 2 heterocycles. The number of nitrogens with two attached hydrogens (primary N) is 1. The number of morpholine rings is 1. The number of guanidine groups is 1. The molecule has 1 unspecified atom stereocenters. The molecule has 1 saturated heterocycles. The predicted molar refractivity (Wildman–Crippen MR) is 83.7 cm³/mol. The minimum atomic E-state index is 0.176. The van der Waals surface area contributed by atoms with Gasteiger partial charge in [0.1, 0.15) is 12.9 Å². The molecule has 7 nitrogen and oxygen atoms in total. The molecule has 1 atom stereocenters. The fraction of sp³-hybridized carbons (Fsp3) is 0.400. The van der Waals surface area contributed by atoms with Crippen LogP contribution in [0.2, 0.25) is 0 Å². The normalized spacial score (nSPS) is 19.4. The monoisotopic (exact) mass is 300 g/mol. The van der Waals surface area contributed by atoms with Gasteiger partial charge in [-0.25, -0.2) is 4.99 Å². The molecule has 0 radical (unpaired) electrons. The third-order valence-corrected chi connectivity index (χ3v) is 3.60. The first-order valence-corrected chi connectivity index (χ1v) is 7.35. The van der Waals surface area contributed by atoms with E-state index in [0.717, 1.165) is 24.6 Å². The maximum Gasteiger partial charge on any atom is 0.191 e. The maximum absolute atomic E-state index is 6.08. The van der Waals surface area contributed by atoms with E-state index < -0.39 is 0 Å². The van der Waals surface area contributed by atoms with Crippen molar-refractivity contribution in [2.75, 3.05) is 19.7 Å². The third kappa shape index (κ3) is 3.25. The molecule has 116 valence electrons. The van der Waals surface area contributed by atoms with E-state index in [1.165, 1.54) is 0 Å². The molecule has 0 aliphatic carbocycles. The predicted octanol–water partition coefficient (Wildman–Crippen LogP) is 0.803. The molecule has 7 heteroatoms. The van der Waals surface area contributed by atoms with E-state index >= 15 is 0 Å². The maximum atomic E-state index is 6.08. The molecule has 0 saturated carbocycles. The summed E-state index contributed by atoms with van der Waals surface area (Å²) in [6.07, 6.45) is 1.86. The molecule has 1 aromatic heterocycles. The van der Waals surface area contributed by atoms with Crippen molar-refractivity contribution < 1.29 is 4.74 Å². The van der Waals surface area contributed by atoms with Crippen molar-refractivity contribution in [3.05, 3.63) is 42.5 Å².